The number of hydrogen-bond acceptors (Lipinski definition) is 5. The Kier molecular flexibility index (Phi) is 6.59. The molecular formula is C21H25ClN2O5. The molecule has 2 amide bonds. The fourth-order valence-corrected chi connectivity index (χ4v) is 4.49. The highest BCUT2D eigenvalue weighted by molar-refractivity contribution is 6.33. The predicted octanol–water partition coefficient (Wildman–Crippen LogP) is 2.10. The van der Waals surface area contributed by atoms with Crippen LogP contribution in [-0.4, -0.2) is 53.6 Å². The number of rotatable bonds is 6. The van der Waals surface area contributed by atoms with Crippen molar-refractivity contribution in [2.45, 2.75) is 19.9 Å². The minimum Gasteiger partial charge on any atom is -0.466 e. The van der Waals surface area contributed by atoms with Crippen molar-refractivity contribution in [3.63, 3.8) is 0 Å². The lowest BCUT2D eigenvalue weighted by Crippen LogP contribution is -2.45. The topological polar surface area (TPSA) is 95.9 Å². The molecule has 1 aliphatic carbocycles. The van der Waals surface area contributed by atoms with E-state index in [0.717, 1.165) is 0 Å². The summed E-state index contributed by atoms with van der Waals surface area (Å²) >= 11 is 6.15. The van der Waals surface area contributed by atoms with Crippen LogP contribution in [0.4, 0.5) is 5.69 Å². The number of anilines is 1. The molecule has 0 spiro atoms. The Morgan fingerprint density at radius 3 is 2.66 bits per heavy atom. The lowest BCUT2D eigenvalue weighted by molar-refractivity contribution is -0.155. The van der Waals surface area contributed by atoms with Crippen LogP contribution in [0.5, 0.6) is 0 Å². The van der Waals surface area contributed by atoms with Gasteiger partial charge in [0.05, 0.1) is 35.8 Å². The lowest BCUT2D eigenvalue weighted by atomic mass is 9.70. The Labute approximate surface area is 174 Å². The van der Waals surface area contributed by atoms with E-state index in [2.05, 4.69) is 5.32 Å². The van der Waals surface area contributed by atoms with E-state index in [1.807, 2.05) is 19.1 Å². The third kappa shape index (κ3) is 4.02. The van der Waals surface area contributed by atoms with Gasteiger partial charge in [0.2, 0.25) is 11.8 Å². The fraction of sp³-hybridized carbons (Fsp3) is 0.476. The molecule has 1 aliphatic heterocycles. The summed E-state index contributed by atoms with van der Waals surface area (Å²) in [5.74, 6) is -3.24. The van der Waals surface area contributed by atoms with Crippen molar-refractivity contribution in [2.24, 2.45) is 23.7 Å². The highest BCUT2D eigenvalue weighted by atomic mass is 35.5. The Morgan fingerprint density at radius 2 is 2.00 bits per heavy atom. The van der Waals surface area contributed by atoms with Crippen LogP contribution in [0.25, 0.3) is 0 Å². The molecule has 1 heterocycles. The van der Waals surface area contributed by atoms with Gasteiger partial charge in [0, 0.05) is 12.5 Å². The van der Waals surface area contributed by atoms with Gasteiger partial charge in [-0.05, 0) is 25.0 Å². The monoisotopic (exact) mass is 420 g/mol. The molecule has 7 nitrogen and oxygen atoms in total. The number of likely N-dealkylation sites (tertiary alicyclic amines) is 1. The third-order valence-electron chi connectivity index (χ3n) is 5.57. The van der Waals surface area contributed by atoms with E-state index < -0.39 is 35.7 Å². The molecule has 0 unspecified atom stereocenters. The summed E-state index contributed by atoms with van der Waals surface area (Å²) in [6.45, 7) is 3.50. The molecule has 1 aromatic rings. The van der Waals surface area contributed by atoms with E-state index in [1.54, 1.807) is 31.2 Å². The van der Waals surface area contributed by atoms with Crippen LogP contribution < -0.4 is 5.32 Å². The maximum absolute atomic E-state index is 13.2. The normalized spacial score (nSPS) is 28.2. The second kappa shape index (κ2) is 8.97. The average molecular weight is 421 g/mol. The van der Waals surface area contributed by atoms with E-state index >= 15 is 0 Å². The maximum atomic E-state index is 13.2. The summed E-state index contributed by atoms with van der Waals surface area (Å²) in [5.41, 5.74) is 0.439. The van der Waals surface area contributed by atoms with Gasteiger partial charge in [0.1, 0.15) is 6.04 Å². The Morgan fingerprint density at radius 1 is 1.28 bits per heavy atom. The molecule has 5 atom stereocenters. The zero-order valence-electron chi connectivity index (χ0n) is 16.4. The first-order valence-corrected chi connectivity index (χ1v) is 10.1. The van der Waals surface area contributed by atoms with E-state index in [1.165, 1.54) is 4.90 Å². The van der Waals surface area contributed by atoms with Crippen molar-refractivity contribution in [1.29, 1.82) is 0 Å². The second-order valence-electron chi connectivity index (χ2n) is 7.29. The van der Waals surface area contributed by atoms with Crippen LogP contribution in [0.3, 0.4) is 0 Å². The van der Waals surface area contributed by atoms with Crippen LogP contribution >= 0.6 is 11.6 Å². The summed E-state index contributed by atoms with van der Waals surface area (Å²) in [6, 6.07) is 5.97. The number of hydrogen-bond donors (Lipinski definition) is 2. The van der Waals surface area contributed by atoms with Gasteiger partial charge in [-0.15, -0.1) is 0 Å². The number of fused-ring (bicyclic) bond motifs is 1. The molecule has 0 bridgehead atoms. The van der Waals surface area contributed by atoms with Crippen LogP contribution in [0, 0.1) is 23.7 Å². The first-order chi connectivity index (χ1) is 13.9. The van der Waals surface area contributed by atoms with Crippen molar-refractivity contribution in [3.05, 3.63) is 41.4 Å². The summed E-state index contributed by atoms with van der Waals surface area (Å²) in [6.07, 6.45) is 3.69. The molecular weight excluding hydrogens is 396 g/mol. The minimum absolute atomic E-state index is 0.00417. The number of amides is 2. The van der Waals surface area contributed by atoms with E-state index in [4.69, 9.17) is 16.3 Å². The summed E-state index contributed by atoms with van der Waals surface area (Å²) < 4.78 is 5.20. The zero-order chi connectivity index (χ0) is 21.1. The maximum Gasteiger partial charge on any atom is 0.310 e. The van der Waals surface area contributed by atoms with Gasteiger partial charge in [-0.25, -0.2) is 0 Å². The largest absolute Gasteiger partial charge is 0.466 e. The number of nitrogens with zero attached hydrogens (tertiary/aromatic N) is 1. The van der Waals surface area contributed by atoms with Crippen molar-refractivity contribution in [3.8, 4) is 0 Å². The average Bonchev–Trinajstić information content (AvgIpc) is 2.96. The number of carbonyl (C=O) groups is 3. The number of aliphatic hydroxyl groups is 1. The van der Waals surface area contributed by atoms with Crippen LogP contribution in [-0.2, 0) is 19.1 Å². The van der Waals surface area contributed by atoms with Gasteiger partial charge < -0.3 is 20.1 Å². The highest BCUT2D eigenvalue weighted by Gasteiger charge is 2.56. The van der Waals surface area contributed by atoms with Crippen LogP contribution in [0.1, 0.15) is 13.8 Å². The van der Waals surface area contributed by atoms with Crippen LogP contribution in [0.15, 0.2) is 36.4 Å². The quantitative estimate of drug-likeness (QED) is 0.542. The standard InChI is InChI=1S/C21H25ClN2O5/c1-3-29-21(28)16-12(2)8-9-13-17(16)20(27)24(10-11-25)18(13)19(26)23-15-7-5-4-6-14(15)22/h4-9,12-13,16-18,25H,3,10-11H2,1-2H3,(H,23,26)/t12-,13+,16-,17-,18+/m1/s1. The molecule has 2 aliphatic rings. The molecule has 1 saturated heterocycles. The smallest absolute Gasteiger partial charge is 0.310 e. The van der Waals surface area contributed by atoms with Crippen LogP contribution in [0.2, 0.25) is 5.02 Å². The number of benzene rings is 1. The lowest BCUT2D eigenvalue weighted by Gasteiger charge is -2.32. The Hall–Kier alpha value is -2.38. The number of carbonyl (C=O) groups excluding carboxylic acids is 3. The number of β-amino-alcohol motifs (C(OH)–C–C–N with tert-alkyl or cyclic N) is 1. The zero-order valence-corrected chi connectivity index (χ0v) is 17.1. The number of aliphatic hydroxyl groups excluding tert-OH is 1. The number of ether oxygens (including phenoxy) is 1. The van der Waals surface area contributed by atoms with Crippen molar-refractivity contribution >= 4 is 35.1 Å². The Balaban J connectivity index is 1.94. The van der Waals surface area contributed by atoms with Crippen molar-refractivity contribution in [1.82, 2.24) is 4.90 Å². The molecule has 29 heavy (non-hydrogen) atoms. The number of para-hydroxylation sites is 1. The molecule has 0 saturated carbocycles. The number of allylic oxidation sites excluding steroid dienone is 1. The second-order valence-corrected chi connectivity index (χ2v) is 7.70. The van der Waals surface area contributed by atoms with Gasteiger partial charge >= 0.3 is 5.97 Å². The molecule has 156 valence electrons. The van der Waals surface area contributed by atoms with E-state index in [-0.39, 0.29) is 31.6 Å². The third-order valence-corrected chi connectivity index (χ3v) is 5.90. The molecule has 2 N–H and O–H groups in total. The van der Waals surface area contributed by atoms with Gasteiger partial charge in [-0.2, -0.15) is 0 Å². The molecule has 1 fully saturated rings. The Bertz CT molecular complexity index is 827. The first-order valence-electron chi connectivity index (χ1n) is 9.72. The van der Waals surface area contributed by atoms with Gasteiger partial charge in [-0.3, -0.25) is 14.4 Å². The van der Waals surface area contributed by atoms with Gasteiger partial charge in [-0.1, -0.05) is 42.8 Å². The molecule has 8 heteroatoms. The number of halogens is 1. The predicted molar refractivity (Wildman–Crippen MR) is 108 cm³/mol. The first kappa shape index (κ1) is 21.3. The molecule has 0 radical (unpaired) electrons. The van der Waals surface area contributed by atoms with E-state index in [9.17, 15) is 19.5 Å². The van der Waals surface area contributed by atoms with Gasteiger partial charge in [0.15, 0.2) is 0 Å². The summed E-state index contributed by atoms with van der Waals surface area (Å²) in [4.78, 5) is 40.3. The molecule has 1 aromatic carbocycles. The SMILES string of the molecule is CCOC(=O)[C@H]1[C@@H]2C(=O)N(CCO)[C@H](C(=O)Nc3ccccc3Cl)[C@H]2C=C[C@H]1C. The highest BCUT2D eigenvalue weighted by Crippen LogP contribution is 2.44. The molecule has 3 rings (SSSR count). The number of esters is 1. The van der Waals surface area contributed by atoms with Crippen molar-refractivity contribution in [2.75, 3.05) is 25.1 Å². The summed E-state index contributed by atoms with van der Waals surface area (Å²) in [5, 5.41) is 12.6. The van der Waals surface area contributed by atoms with E-state index in [0.29, 0.717) is 10.7 Å². The molecule has 0 aromatic heterocycles. The van der Waals surface area contributed by atoms with Gasteiger partial charge in [0.25, 0.3) is 0 Å². The fourth-order valence-electron chi connectivity index (χ4n) is 4.31. The number of nitrogens with one attached hydrogen (secondary N) is 1. The van der Waals surface area contributed by atoms with Crippen molar-refractivity contribution < 1.29 is 24.2 Å². The minimum atomic E-state index is -0.850. The summed E-state index contributed by atoms with van der Waals surface area (Å²) in [7, 11) is 0.